The van der Waals surface area contributed by atoms with Crippen molar-refractivity contribution in [2.24, 2.45) is 5.92 Å². The van der Waals surface area contributed by atoms with E-state index in [2.05, 4.69) is 19.2 Å². The summed E-state index contributed by atoms with van der Waals surface area (Å²) in [6.07, 6.45) is 4.36. The van der Waals surface area contributed by atoms with Crippen molar-refractivity contribution in [3.63, 3.8) is 0 Å². The van der Waals surface area contributed by atoms with Crippen LogP contribution in [-0.4, -0.2) is 54.4 Å². The van der Waals surface area contributed by atoms with Gasteiger partial charge in [0.15, 0.2) is 6.10 Å². The van der Waals surface area contributed by atoms with E-state index < -0.39 is 12.1 Å². The molecule has 1 fully saturated rings. The molecule has 0 radical (unpaired) electrons. The summed E-state index contributed by atoms with van der Waals surface area (Å²) in [5, 5.41) is 11.6. The molecule has 0 aromatic rings. The summed E-state index contributed by atoms with van der Waals surface area (Å²) in [5.74, 6) is -0.528. The van der Waals surface area contributed by atoms with Crippen molar-refractivity contribution >= 4 is 12.0 Å². The highest BCUT2D eigenvalue weighted by atomic mass is 16.5. The Morgan fingerprint density at radius 2 is 1.95 bits per heavy atom. The van der Waals surface area contributed by atoms with Gasteiger partial charge in [-0.2, -0.15) is 0 Å². The predicted octanol–water partition coefficient (Wildman–Crippen LogP) is 2.09. The van der Waals surface area contributed by atoms with Crippen LogP contribution in [0.1, 0.15) is 46.0 Å². The van der Waals surface area contributed by atoms with Gasteiger partial charge in [0, 0.05) is 19.7 Å². The average Bonchev–Trinajstić information content (AvgIpc) is 2.92. The van der Waals surface area contributed by atoms with Crippen LogP contribution < -0.4 is 5.32 Å². The van der Waals surface area contributed by atoms with Crippen molar-refractivity contribution in [1.82, 2.24) is 10.2 Å². The minimum atomic E-state index is -1.06. The van der Waals surface area contributed by atoms with Crippen LogP contribution in [0.4, 0.5) is 4.79 Å². The molecule has 1 atom stereocenters. The molecule has 0 bridgehead atoms. The van der Waals surface area contributed by atoms with Gasteiger partial charge >= 0.3 is 12.0 Å². The van der Waals surface area contributed by atoms with Crippen LogP contribution in [0.3, 0.4) is 0 Å². The van der Waals surface area contributed by atoms with Crippen LogP contribution in [0.15, 0.2) is 0 Å². The molecule has 2 N–H and O–H groups in total. The summed E-state index contributed by atoms with van der Waals surface area (Å²) >= 11 is 0. The van der Waals surface area contributed by atoms with Crippen LogP contribution in [0.5, 0.6) is 0 Å². The lowest BCUT2D eigenvalue weighted by Crippen LogP contribution is -2.49. The van der Waals surface area contributed by atoms with Gasteiger partial charge < -0.3 is 20.1 Å². The first-order valence-electron chi connectivity index (χ1n) is 7.75. The minimum absolute atomic E-state index is 0.00440. The highest BCUT2D eigenvalue weighted by molar-refractivity contribution is 5.77. The summed E-state index contributed by atoms with van der Waals surface area (Å²) in [6, 6.07) is 0.112. The number of hydrogen-bond acceptors (Lipinski definition) is 3. The molecule has 0 aromatic heterocycles. The van der Waals surface area contributed by atoms with E-state index in [9.17, 15) is 9.59 Å². The monoisotopic (exact) mass is 300 g/mol. The fraction of sp³-hybridized carbons (Fsp3) is 0.867. The standard InChI is InChI=1S/C15H28N2O4/c1-11(2)8-9-17(12-6-4-5-7-12)15(20)16-10-13(21-3)14(18)19/h11-13H,4-10H2,1-3H3,(H,16,20)(H,18,19). The van der Waals surface area contributed by atoms with Gasteiger partial charge in [0.25, 0.3) is 0 Å². The first kappa shape index (κ1) is 17.8. The molecule has 0 aliphatic heterocycles. The Balaban J connectivity index is 2.55. The number of carbonyl (C=O) groups is 2. The molecule has 0 heterocycles. The number of amides is 2. The van der Waals surface area contributed by atoms with Gasteiger partial charge in [-0.05, 0) is 25.2 Å². The van der Waals surface area contributed by atoms with Gasteiger partial charge in [0.05, 0.1) is 6.54 Å². The van der Waals surface area contributed by atoms with Crippen molar-refractivity contribution in [3.05, 3.63) is 0 Å². The van der Waals surface area contributed by atoms with Crippen LogP contribution in [0, 0.1) is 5.92 Å². The average molecular weight is 300 g/mol. The zero-order valence-corrected chi connectivity index (χ0v) is 13.3. The molecular formula is C15H28N2O4. The topological polar surface area (TPSA) is 78.9 Å². The van der Waals surface area contributed by atoms with E-state index in [-0.39, 0.29) is 18.6 Å². The summed E-state index contributed by atoms with van der Waals surface area (Å²) in [4.78, 5) is 25.1. The summed E-state index contributed by atoms with van der Waals surface area (Å²) in [7, 11) is 1.33. The normalized spacial score (nSPS) is 17.0. The van der Waals surface area contributed by atoms with Gasteiger partial charge in [-0.3, -0.25) is 0 Å². The minimum Gasteiger partial charge on any atom is -0.479 e. The molecule has 6 nitrogen and oxygen atoms in total. The van der Waals surface area contributed by atoms with Crippen molar-refractivity contribution in [1.29, 1.82) is 0 Å². The highest BCUT2D eigenvalue weighted by Gasteiger charge is 2.27. The Bertz CT molecular complexity index is 341. The number of carboxylic acid groups (broad SMARTS) is 1. The highest BCUT2D eigenvalue weighted by Crippen LogP contribution is 2.24. The van der Waals surface area contributed by atoms with E-state index in [0.29, 0.717) is 5.92 Å². The number of nitrogens with one attached hydrogen (secondary N) is 1. The molecule has 0 aromatic carbocycles. The van der Waals surface area contributed by atoms with Crippen molar-refractivity contribution in [2.45, 2.75) is 58.1 Å². The van der Waals surface area contributed by atoms with Gasteiger partial charge in [-0.25, -0.2) is 9.59 Å². The van der Waals surface area contributed by atoms with Gasteiger partial charge in [-0.15, -0.1) is 0 Å². The molecular weight excluding hydrogens is 272 g/mol. The Labute approximate surface area is 126 Å². The third-order valence-corrected chi connectivity index (χ3v) is 3.97. The van der Waals surface area contributed by atoms with Crippen LogP contribution >= 0.6 is 0 Å². The molecule has 1 unspecified atom stereocenters. The predicted molar refractivity (Wildman–Crippen MR) is 80.2 cm³/mol. The summed E-state index contributed by atoms with van der Waals surface area (Å²) in [6.45, 7) is 4.99. The number of methoxy groups -OCH3 is 1. The van der Waals surface area contributed by atoms with Crippen molar-refractivity contribution in [3.8, 4) is 0 Å². The van der Waals surface area contributed by atoms with Crippen LogP contribution in [-0.2, 0) is 9.53 Å². The maximum atomic E-state index is 12.4. The molecule has 122 valence electrons. The zero-order valence-electron chi connectivity index (χ0n) is 13.3. The van der Waals surface area contributed by atoms with E-state index in [1.807, 2.05) is 4.90 Å². The maximum absolute atomic E-state index is 12.4. The second-order valence-corrected chi connectivity index (χ2v) is 6.06. The number of carbonyl (C=O) groups excluding carboxylic acids is 1. The van der Waals surface area contributed by atoms with E-state index in [1.54, 1.807) is 0 Å². The fourth-order valence-electron chi connectivity index (χ4n) is 2.62. The lowest BCUT2D eigenvalue weighted by molar-refractivity contribution is -0.148. The van der Waals surface area contributed by atoms with Crippen LogP contribution in [0.2, 0.25) is 0 Å². The molecule has 1 aliphatic rings. The quantitative estimate of drug-likeness (QED) is 0.719. The lowest BCUT2D eigenvalue weighted by Gasteiger charge is -2.30. The second kappa shape index (κ2) is 8.87. The molecule has 2 amide bonds. The molecule has 1 saturated carbocycles. The Morgan fingerprint density at radius 3 is 2.43 bits per heavy atom. The van der Waals surface area contributed by atoms with Crippen molar-refractivity contribution in [2.75, 3.05) is 20.2 Å². The van der Waals surface area contributed by atoms with E-state index in [4.69, 9.17) is 9.84 Å². The molecule has 1 aliphatic carbocycles. The number of rotatable bonds is 8. The molecule has 0 spiro atoms. The Morgan fingerprint density at radius 1 is 1.33 bits per heavy atom. The molecule has 1 rings (SSSR count). The SMILES string of the molecule is COC(CNC(=O)N(CCC(C)C)C1CCCC1)C(=O)O. The third kappa shape index (κ3) is 5.91. The fourth-order valence-corrected chi connectivity index (χ4v) is 2.62. The Hall–Kier alpha value is -1.30. The number of nitrogens with zero attached hydrogens (tertiary/aromatic N) is 1. The third-order valence-electron chi connectivity index (χ3n) is 3.97. The Kier molecular flexibility index (Phi) is 7.50. The molecule has 6 heteroatoms. The van der Waals surface area contributed by atoms with E-state index in [0.717, 1.165) is 38.6 Å². The van der Waals surface area contributed by atoms with Crippen molar-refractivity contribution < 1.29 is 19.4 Å². The van der Waals surface area contributed by atoms with Gasteiger partial charge in [0.1, 0.15) is 0 Å². The molecule has 21 heavy (non-hydrogen) atoms. The first-order chi connectivity index (χ1) is 9.95. The number of aliphatic carboxylic acids is 1. The number of carboxylic acids is 1. The van der Waals surface area contributed by atoms with Gasteiger partial charge in [0.2, 0.25) is 0 Å². The lowest BCUT2D eigenvalue weighted by atomic mass is 10.1. The van der Waals surface area contributed by atoms with E-state index in [1.165, 1.54) is 7.11 Å². The number of ether oxygens (including phenoxy) is 1. The largest absolute Gasteiger partial charge is 0.479 e. The van der Waals surface area contributed by atoms with Crippen LogP contribution in [0.25, 0.3) is 0 Å². The summed E-state index contributed by atoms with van der Waals surface area (Å²) in [5.41, 5.74) is 0. The second-order valence-electron chi connectivity index (χ2n) is 6.06. The van der Waals surface area contributed by atoms with Gasteiger partial charge in [-0.1, -0.05) is 26.7 Å². The molecule has 0 saturated heterocycles. The maximum Gasteiger partial charge on any atom is 0.334 e. The first-order valence-corrected chi connectivity index (χ1v) is 7.75. The number of urea groups is 1. The van der Waals surface area contributed by atoms with E-state index >= 15 is 0 Å². The summed E-state index contributed by atoms with van der Waals surface area (Å²) < 4.78 is 4.83. The smallest absolute Gasteiger partial charge is 0.334 e. The zero-order chi connectivity index (χ0) is 15.8. The number of hydrogen-bond donors (Lipinski definition) is 2.